The molecule has 20 heavy (non-hydrogen) atoms. The Morgan fingerprint density at radius 1 is 1.05 bits per heavy atom. The van der Waals surface area contributed by atoms with Gasteiger partial charge in [0.2, 0.25) is 0 Å². The van der Waals surface area contributed by atoms with Crippen LogP contribution in [0.15, 0.2) is 42.5 Å². The quantitative estimate of drug-likeness (QED) is 0.857. The zero-order valence-corrected chi connectivity index (χ0v) is 12.4. The van der Waals surface area contributed by atoms with Crippen LogP contribution in [0.1, 0.15) is 54.5 Å². The lowest BCUT2D eigenvalue weighted by molar-refractivity contribution is 0.598. The Labute approximate surface area is 120 Å². The van der Waals surface area contributed by atoms with Crippen LogP contribution in [0.3, 0.4) is 0 Å². The van der Waals surface area contributed by atoms with Gasteiger partial charge < -0.3 is 5.73 Å². The number of hydrogen-bond acceptors (Lipinski definition) is 1. The largest absolute Gasteiger partial charge is 0.320 e. The zero-order chi connectivity index (χ0) is 14.7. The Morgan fingerprint density at radius 2 is 1.65 bits per heavy atom. The SMILES string of the molecule is CCC(C)c1ccc(C(N)c2ccc(C)cc2F)cc1. The number of benzene rings is 2. The Balaban J connectivity index is 2.26. The average Bonchev–Trinajstić information content (AvgIpc) is 2.46. The van der Waals surface area contributed by atoms with Crippen molar-refractivity contribution in [2.45, 2.75) is 39.2 Å². The smallest absolute Gasteiger partial charge is 0.128 e. The molecule has 2 unspecified atom stereocenters. The summed E-state index contributed by atoms with van der Waals surface area (Å²) in [6.45, 7) is 6.25. The molecule has 0 radical (unpaired) electrons. The molecule has 2 atom stereocenters. The lowest BCUT2D eigenvalue weighted by Crippen LogP contribution is -2.13. The Kier molecular flexibility index (Phi) is 4.56. The van der Waals surface area contributed by atoms with Crippen molar-refractivity contribution in [2.24, 2.45) is 5.73 Å². The fourth-order valence-electron chi connectivity index (χ4n) is 2.33. The van der Waals surface area contributed by atoms with E-state index >= 15 is 0 Å². The molecule has 2 N–H and O–H groups in total. The van der Waals surface area contributed by atoms with E-state index < -0.39 is 6.04 Å². The summed E-state index contributed by atoms with van der Waals surface area (Å²) in [5, 5.41) is 0. The molecule has 0 heterocycles. The molecular weight excluding hydrogens is 249 g/mol. The van der Waals surface area contributed by atoms with E-state index in [9.17, 15) is 4.39 Å². The predicted molar refractivity (Wildman–Crippen MR) is 82.3 cm³/mol. The standard InChI is InChI=1S/C18H22FN/c1-4-13(3)14-6-8-15(9-7-14)18(20)16-10-5-12(2)11-17(16)19/h5-11,13,18H,4,20H2,1-3H3. The lowest BCUT2D eigenvalue weighted by Gasteiger charge is -2.16. The molecule has 0 aliphatic carbocycles. The van der Waals surface area contributed by atoms with Gasteiger partial charge in [-0.05, 0) is 42.0 Å². The number of aryl methyl sites for hydroxylation is 1. The summed E-state index contributed by atoms with van der Waals surface area (Å²) in [6.07, 6.45) is 1.11. The monoisotopic (exact) mass is 271 g/mol. The van der Waals surface area contributed by atoms with Crippen molar-refractivity contribution in [1.29, 1.82) is 0 Å². The van der Waals surface area contributed by atoms with Crippen LogP contribution in [-0.2, 0) is 0 Å². The summed E-state index contributed by atoms with van der Waals surface area (Å²) in [7, 11) is 0. The molecule has 0 aliphatic rings. The molecule has 0 aromatic heterocycles. The van der Waals surface area contributed by atoms with Crippen molar-refractivity contribution in [1.82, 2.24) is 0 Å². The zero-order valence-electron chi connectivity index (χ0n) is 12.4. The van der Waals surface area contributed by atoms with Crippen LogP contribution in [0, 0.1) is 12.7 Å². The molecule has 1 nitrogen and oxygen atoms in total. The first-order chi connectivity index (χ1) is 9.52. The van der Waals surface area contributed by atoms with E-state index in [4.69, 9.17) is 5.73 Å². The highest BCUT2D eigenvalue weighted by atomic mass is 19.1. The van der Waals surface area contributed by atoms with Crippen molar-refractivity contribution < 1.29 is 4.39 Å². The minimum absolute atomic E-state index is 0.233. The highest BCUT2D eigenvalue weighted by molar-refractivity contribution is 5.35. The van der Waals surface area contributed by atoms with Gasteiger partial charge in [0.1, 0.15) is 5.82 Å². The van der Waals surface area contributed by atoms with E-state index in [1.165, 1.54) is 11.6 Å². The van der Waals surface area contributed by atoms with Crippen molar-refractivity contribution in [3.63, 3.8) is 0 Å². The van der Waals surface area contributed by atoms with Gasteiger partial charge in [-0.15, -0.1) is 0 Å². The fraction of sp³-hybridized carbons (Fsp3) is 0.333. The van der Waals surface area contributed by atoms with Crippen LogP contribution in [0.5, 0.6) is 0 Å². The van der Waals surface area contributed by atoms with Gasteiger partial charge >= 0.3 is 0 Å². The molecule has 0 saturated heterocycles. The van der Waals surface area contributed by atoms with Gasteiger partial charge in [0.05, 0.1) is 6.04 Å². The second-order valence-electron chi connectivity index (χ2n) is 5.48. The summed E-state index contributed by atoms with van der Waals surface area (Å²) in [5.74, 6) is 0.305. The van der Waals surface area contributed by atoms with E-state index in [0.29, 0.717) is 11.5 Å². The molecule has 0 aliphatic heterocycles. The molecule has 2 aromatic carbocycles. The molecule has 106 valence electrons. The Morgan fingerprint density at radius 3 is 2.20 bits per heavy atom. The molecule has 0 bridgehead atoms. The van der Waals surface area contributed by atoms with Crippen molar-refractivity contribution in [3.05, 3.63) is 70.5 Å². The predicted octanol–water partition coefficient (Wildman–Crippen LogP) is 4.70. The number of nitrogens with two attached hydrogens (primary N) is 1. The van der Waals surface area contributed by atoms with Gasteiger partial charge in [0.15, 0.2) is 0 Å². The number of rotatable bonds is 4. The third-order valence-corrected chi connectivity index (χ3v) is 3.97. The van der Waals surface area contributed by atoms with Gasteiger partial charge in [0, 0.05) is 5.56 Å². The molecule has 0 saturated carbocycles. The highest BCUT2D eigenvalue weighted by Gasteiger charge is 2.14. The summed E-state index contributed by atoms with van der Waals surface area (Å²) < 4.78 is 14.0. The maximum atomic E-state index is 14.0. The van der Waals surface area contributed by atoms with E-state index in [1.807, 2.05) is 25.1 Å². The van der Waals surface area contributed by atoms with Crippen LogP contribution in [0.4, 0.5) is 4.39 Å². The second kappa shape index (κ2) is 6.19. The van der Waals surface area contributed by atoms with E-state index in [1.54, 1.807) is 6.07 Å². The van der Waals surface area contributed by atoms with Gasteiger partial charge in [-0.3, -0.25) is 0 Å². The second-order valence-corrected chi connectivity index (χ2v) is 5.48. The van der Waals surface area contributed by atoms with Crippen LogP contribution in [0.2, 0.25) is 0 Å². The molecular formula is C18H22FN. The topological polar surface area (TPSA) is 26.0 Å². The maximum absolute atomic E-state index is 14.0. The van der Waals surface area contributed by atoms with Gasteiger partial charge in [-0.1, -0.05) is 50.2 Å². The molecule has 0 fully saturated rings. The minimum atomic E-state index is -0.415. The van der Waals surface area contributed by atoms with Crippen molar-refractivity contribution in [3.8, 4) is 0 Å². The van der Waals surface area contributed by atoms with Crippen LogP contribution < -0.4 is 5.73 Å². The molecule has 2 heteroatoms. The van der Waals surface area contributed by atoms with E-state index in [-0.39, 0.29) is 5.82 Å². The number of hydrogen-bond donors (Lipinski definition) is 1. The first-order valence-electron chi connectivity index (χ1n) is 7.14. The third-order valence-electron chi connectivity index (χ3n) is 3.97. The average molecular weight is 271 g/mol. The minimum Gasteiger partial charge on any atom is -0.320 e. The van der Waals surface area contributed by atoms with E-state index in [0.717, 1.165) is 17.5 Å². The van der Waals surface area contributed by atoms with Crippen molar-refractivity contribution >= 4 is 0 Å². The first kappa shape index (κ1) is 14.7. The summed E-state index contributed by atoms with van der Waals surface area (Å²) in [4.78, 5) is 0. The molecule has 0 amide bonds. The molecule has 2 rings (SSSR count). The van der Waals surface area contributed by atoms with Crippen LogP contribution in [-0.4, -0.2) is 0 Å². The highest BCUT2D eigenvalue weighted by Crippen LogP contribution is 2.25. The Bertz CT molecular complexity index is 574. The summed E-state index contributed by atoms with van der Waals surface area (Å²) in [6, 6.07) is 13.0. The van der Waals surface area contributed by atoms with E-state index in [2.05, 4.69) is 26.0 Å². The number of halogens is 1. The van der Waals surface area contributed by atoms with Crippen LogP contribution >= 0.6 is 0 Å². The van der Waals surface area contributed by atoms with Gasteiger partial charge in [-0.2, -0.15) is 0 Å². The summed E-state index contributed by atoms with van der Waals surface area (Å²) >= 11 is 0. The normalized spacial score (nSPS) is 14.1. The molecule has 2 aromatic rings. The van der Waals surface area contributed by atoms with Gasteiger partial charge in [0.25, 0.3) is 0 Å². The molecule has 0 spiro atoms. The lowest BCUT2D eigenvalue weighted by atomic mass is 9.93. The van der Waals surface area contributed by atoms with Gasteiger partial charge in [-0.25, -0.2) is 4.39 Å². The maximum Gasteiger partial charge on any atom is 0.128 e. The fourth-order valence-corrected chi connectivity index (χ4v) is 2.33. The first-order valence-corrected chi connectivity index (χ1v) is 7.14. The van der Waals surface area contributed by atoms with Crippen LogP contribution in [0.25, 0.3) is 0 Å². The summed E-state index contributed by atoms with van der Waals surface area (Å²) in [5.41, 5.74) is 9.89. The Hall–Kier alpha value is -1.67. The third kappa shape index (κ3) is 3.07. The van der Waals surface area contributed by atoms with Crippen molar-refractivity contribution in [2.75, 3.05) is 0 Å².